The Labute approximate surface area is 79.6 Å². The van der Waals surface area contributed by atoms with E-state index in [0.717, 1.165) is 25.3 Å². The summed E-state index contributed by atoms with van der Waals surface area (Å²) in [7, 11) is 6.13. The molecule has 0 amide bonds. The van der Waals surface area contributed by atoms with Gasteiger partial charge in [0.1, 0.15) is 0 Å². The molecular formula is C9H18N4. The first-order valence-electron chi connectivity index (χ1n) is 4.51. The SMILES string of the molecule is CN(C)CCNCc1cn(C)cn1. The second-order valence-corrected chi connectivity index (χ2v) is 3.51. The summed E-state index contributed by atoms with van der Waals surface area (Å²) in [6.07, 6.45) is 3.85. The van der Waals surface area contributed by atoms with Crippen molar-refractivity contribution in [1.82, 2.24) is 19.8 Å². The molecule has 0 saturated carbocycles. The minimum absolute atomic E-state index is 0.856. The molecule has 1 heterocycles. The molecule has 0 aliphatic rings. The minimum atomic E-state index is 0.856. The lowest BCUT2D eigenvalue weighted by Gasteiger charge is -2.09. The maximum atomic E-state index is 4.22. The summed E-state index contributed by atoms with van der Waals surface area (Å²) in [5, 5.41) is 3.33. The number of aromatic nitrogens is 2. The third kappa shape index (κ3) is 4.05. The van der Waals surface area contributed by atoms with Gasteiger partial charge in [0.2, 0.25) is 0 Å². The number of nitrogens with zero attached hydrogens (tertiary/aromatic N) is 3. The van der Waals surface area contributed by atoms with Crippen molar-refractivity contribution in [3.63, 3.8) is 0 Å². The number of nitrogens with one attached hydrogen (secondary N) is 1. The fourth-order valence-electron chi connectivity index (χ4n) is 1.08. The lowest BCUT2D eigenvalue weighted by molar-refractivity contribution is 0.399. The zero-order valence-corrected chi connectivity index (χ0v) is 8.62. The number of hydrogen-bond donors (Lipinski definition) is 1. The van der Waals surface area contributed by atoms with Crippen LogP contribution in [0.3, 0.4) is 0 Å². The van der Waals surface area contributed by atoms with Gasteiger partial charge in [-0.3, -0.25) is 0 Å². The molecule has 0 spiro atoms. The van der Waals surface area contributed by atoms with E-state index in [1.165, 1.54) is 0 Å². The molecule has 0 aromatic carbocycles. The van der Waals surface area contributed by atoms with Crippen LogP contribution in [0, 0.1) is 0 Å². The third-order valence-corrected chi connectivity index (χ3v) is 1.80. The number of imidazole rings is 1. The van der Waals surface area contributed by atoms with E-state index in [0.29, 0.717) is 0 Å². The fourth-order valence-corrected chi connectivity index (χ4v) is 1.08. The van der Waals surface area contributed by atoms with Gasteiger partial charge in [0.15, 0.2) is 0 Å². The van der Waals surface area contributed by atoms with E-state index in [-0.39, 0.29) is 0 Å². The predicted molar refractivity (Wildman–Crippen MR) is 53.5 cm³/mol. The Balaban J connectivity index is 2.13. The van der Waals surface area contributed by atoms with Gasteiger partial charge in [-0.1, -0.05) is 0 Å². The molecule has 0 atom stereocenters. The van der Waals surface area contributed by atoms with Crippen LogP contribution in [0.15, 0.2) is 12.5 Å². The van der Waals surface area contributed by atoms with Gasteiger partial charge in [-0.15, -0.1) is 0 Å². The number of hydrogen-bond acceptors (Lipinski definition) is 3. The van der Waals surface area contributed by atoms with Crippen molar-refractivity contribution in [1.29, 1.82) is 0 Å². The Morgan fingerprint density at radius 3 is 2.85 bits per heavy atom. The van der Waals surface area contributed by atoms with Crippen LogP contribution in [0.5, 0.6) is 0 Å². The molecule has 0 aliphatic carbocycles. The lowest BCUT2D eigenvalue weighted by atomic mass is 10.4. The highest BCUT2D eigenvalue weighted by Gasteiger charge is 1.95. The fraction of sp³-hybridized carbons (Fsp3) is 0.667. The molecule has 4 heteroatoms. The van der Waals surface area contributed by atoms with Crippen molar-refractivity contribution in [2.24, 2.45) is 7.05 Å². The quantitative estimate of drug-likeness (QED) is 0.654. The molecule has 74 valence electrons. The summed E-state index contributed by atoms with van der Waals surface area (Å²) in [6.45, 7) is 2.92. The van der Waals surface area contributed by atoms with E-state index in [9.17, 15) is 0 Å². The van der Waals surface area contributed by atoms with Crippen molar-refractivity contribution in [2.45, 2.75) is 6.54 Å². The Morgan fingerprint density at radius 1 is 1.54 bits per heavy atom. The van der Waals surface area contributed by atoms with Gasteiger partial charge in [0.05, 0.1) is 12.0 Å². The van der Waals surface area contributed by atoms with Crippen molar-refractivity contribution < 1.29 is 0 Å². The van der Waals surface area contributed by atoms with Crippen molar-refractivity contribution >= 4 is 0 Å². The average Bonchev–Trinajstić information content (AvgIpc) is 2.45. The first-order valence-corrected chi connectivity index (χ1v) is 4.51. The van der Waals surface area contributed by atoms with Crippen molar-refractivity contribution in [3.05, 3.63) is 18.2 Å². The Kier molecular flexibility index (Phi) is 3.92. The zero-order valence-electron chi connectivity index (χ0n) is 8.62. The molecule has 0 unspecified atom stereocenters. The van der Waals surface area contributed by atoms with Gasteiger partial charge in [-0.05, 0) is 14.1 Å². The van der Waals surface area contributed by atoms with Crippen LogP contribution in [-0.2, 0) is 13.6 Å². The van der Waals surface area contributed by atoms with Gasteiger partial charge in [-0.2, -0.15) is 0 Å². The Bertz CT molecular complexity index is 242. The third-order valence-electron chi connectivity index (χ3n) is 1.80. The average molecular weight is 182 g/mol. The molecule has 13 heavy (non-hydrogen) atoms. The standard InChI is InChI=1S/C9H18N4/c1-12(2)5-4-10-6-9-7-13(3)8-11-9/h7-8,10H,4-6H2,1-3H3. The van der Waals surface area contributed by atoms with Gasteiger partial charge in [0, 0.05) is 32.9 Å². The summed E-state index contributed by atoms with van der Waals surface area (Å²) < 4.78 is 1.96. The molecule has 4 nitrogen and oxygen atoms in total. The van der Waals surface area contributed by atoms with Crippen LogP contribution in [0.2, 0.25) is 0 Å². The molecule has 0 aliphatic heterocycles. The zero-order chi connectivity index (χ0) is 9.68. The maximum Gasteiger partial charge on any atom is 0.0947 e. The monoisotopic (exact) mass is 182 g/mol. The van der Waals surface area contributed by atoms with Crippen molar-refractivity contribution in [2.75, 3.05) is 27.2 Å². The van der Waals surface area contributed by atoms with Crippen LogP contribution in [0.4, 0.5) is 0 Å². The van der Waals surface area contributed by atoms with E-state index in [1.54, 1.807) is 0 Å². The van der Waals surface area contributed by atoms with Crippen LogP contribution in [-0.4, -0.2) is 41.6 Å². The Morgan fingerprint density at radius 2 is 2.31 bits per heavy atom. The summed E-state index contributed by atoms with van der Waals surface area (Å²) in [6, 6.07) is 0. The second kappa shape index (κ2) is 4.99. The molecule has 1 rings (SSSR count). The smallest absolute Gasteiger partial charge is 0.0947 e. The molecule has 1 aromatic heterocycles. The molecule has 0 saturated heterocycles. The van der Waals surface area contributed by atoms with Crippen molar-refractivity contribution in [3.8, 4) is 0 Å². The van der Waals surface area contributed by atoms with Gasteiger partial charge in [-0.25, -0.2) is 4.98 Å². The van der Waals surface area contributed by atoms with E-state index in [1.807, 2.05) is 24.1 Å². The molecule has 1 N–H and O–H groups in total. The summed E-state index contributed by atoms with van der Waals surface area (Å²) in [4.78, 5) is 6.38. The van der Waals surface area contributed by atoms with Gasteiger partial charge >= 0.3 is 0 Å². The highest BCUT2D eigenvalue weighted by atomic mass is 15.1. The van der Waals surface area contributed by atoms with E-state index >= 15 is 0 Å². The van der Waals surface area contributed by atoms with Gasteiger partial charge < -0.3 is 14.8 Å². The molecule has 0 fully saturated rings. The largest absolute Gasteiger partial charge is 0.340 e. The minimum Gasteiger partial charge on any atom is -0.340 e. The molecule has 0 bridgehead atoms. The summed E-state index contributed by atoms with van der Waals surface area (Å²) >= 11 is 0. The highest BCUT2D eigenvalue weighted by Crippen LogP contribution is 1.91. The first-order chi connectivity index (χ1) is 6.18. The number of rotatable bonds is 5. The number of likely N-dealkylation sites (N-methyl/N-ethyl adjacent to an activating group) is 1. The maximum absolute atomic E-state index is 4.22. The van der Waals surface area contributed by atoms with Crippen LogP contribution in [0.25, 0.3) is 0 Å². The molecule has 1 aromatic rings. The number of aryl methyl sites for hydroxylation is 1. The van der Waals surface area contributed by atoms with E-state index in [2.05, 4.69) is 29.3 Å². The van der Waals surface area contributed by atoms with E-state index in [4.69, 9.17) is 0 Å². The summed E-state index contributed by atoms with van der Waals surface area (Å²) in [5.74, 6) is 0. The molecule has 0 radical (unpaired) electrons. The highest BCUT2D eigenvalue weighted by molar-refractivity contribution is 4.95. The Hall–Kier alpha value is -0.870. The van der Waals surface area contributed by atoms with Gasteiger partial charge in [0.25, 0.3) is 0 Å². The second-order valence-electron chi connectivity index (χ2n) is 3.51. The predicted octanol–water partition coefficient (Wildman–Crippen LogP) is 0.0713. The topological polar surface area (TPSA) is 33.1 Å². The van der Waals surface area contributed by atoms with Crippen LogP contribution in [0.1, 0.15) is 5.69 Å². The van der Waals surface area contributed by atoms with Crippen LogP contribution >= 0.6 is 0 Å². The first kappa shape index (κ1) is 10.2. The normalized spacial score (nSPS) is 11.1. The lowest BCUT2D eigenvalue weighted by Crippen LogP contribution is -2.26. The summed E-state index contributed by atoms with van der Waals surface area (Å²) in [5.41, 5.74) is 1.10. The van der Waals surface area contributed by atoms with Crippen LogP contribution < -0.4 is 5.32 Å². The van der Waals surface area contributed by atoms with E-state index < -0.39 is 0 Å². The molecular weight excluding hydrogens is 164 g/mol.